The molecule has 0 saturated heterocycles. The normalized spacial score (nSPS) is 13.9. The number of aromatic nitrogens is 3. The van der Waals surface area contributed by atoms with Crippen molar-refractivity contribution in [1.82, 2.24) is 19.7 Å². The van der Waals surface area contributed by atoms with Crippen LogP contribution < -0.4 is 15.8 Å². The number of benzene rings is 2. The summed E-state index contributed by atoms with van der Waals surface area (Å²) in [7, 11) is 0. The van der Waals surface area contributed by atoms with Gasteiger partial charge in [-0.3, -0.25) is 9.20 Å². The fourth-order valence-corrected chi connectivity index (χ4v) is 4.07. The number of nitrogens with two attached hydrogens (primary N) is 1. The van der Waals surface area contributed by atoms with E-state index < -0.39 is 70.9 Å². The van der Waals surface area contributed by atoms with Crippen molar-refractivity contribution in [3.05, 3.63) is 77.2 Å². The van der Waals surface area contributed by atoms with Crippen molar-refractivity contribution in [1.29, 1.82) is 0 Å². The van der Waals surface area contributed by atoms with Crippen LogP contribution in [0.4, 0.5) is 45.3 Å². The smallest absolute Gasteiger partial charge is 0.419 e. The highest BCUT2D eigenvalue weighted by atomic mass is 19.4. The quantitative estimate of drug-likeness (QED) is 0.155. The molecule has 0 saturated carbocycles. The molecule has 0 aliphatic carbocycles. The van der Waals surface area contributed by atoms with Crippen molar-refractivity contribution >= 4 is 23.3 Å². The van der Waals surface area contributed by atoms with Crippen molar-refractivity contribution in [2.75, 3.05) is 12.3 Å². The molecule has 4 aromatic rings. The summed E-state index contributed by atoms with van der Waals surface area (Å²) in [5, 5.41) is 12.7. The molecular weight excluding hydrogens is 617 g/mol. The highest BCUT2D eigenvalue weighted by Crippen LogP contribution is 2.41. The van der Waals surface area contributed by atoms with E-state index >= 15 is 0 Å². The zero-order valence-corrected chi connectivity index (χ0v) is 21.9. The molecule has 2 aromatic carbocycles. The number of anilines is 1. The number of esters is 1. The highest BCUT2D eigenvalue weighted by molar-refractivity contribution is 5.98. The lowest BCUT2D eigenvalue weighted by molar-refractivity contribution is -0.263. The lowest BCUT2D eigenvalue weighted by Gasteiger charge is -2.31. The summed E-state index contributed by atoms with van der Waals surface area (Å²) < 4.78 is 126. The van der Waals surface area contributed by atoms with E-state index in [-0.39, 0.29) is 22.5 Å². The number of aryl methyl sites for hydroxylation is 1. The number of nitrogen functional groups attached to an aromatic ring is 1. The number of amides is 1. The molecule has 0 spiro atoms. The van der Waals surface area contributed by atoms with Gasteiger partial charge >= 0.3 is 24.5 Å². The van der Waals surface area contributed by atoms with Gasteiger partial charge in [-0.25, -0.2) is 14.8 Å². The van der Waals surface area contributed by atoms with Crippen LogP contribution in [0.5, 0.6) is 5.75 Å². The Morgan fingerprint density at radius 1 is 1.02 bits per heavy atom. The molecule has 44 heavy (non-hydrogen) atoms. The number of hydrogen-bond acceptors (Lipinski definition) is 7. The van der Waals surface area contributed by atoms with Crippen molar-refractivity contribution in [3.8, 4) is 17.0 Å². The van der Waals surface area contributed by atoms with Crippen LogP contribution in [0.1, 0.15) is 27.2 Å². The Balaban J connectivity index is 1.72. The number of aliphatic hydroxyl groups is 1. The Hall–Kier alpha value is -4.87. The SMILES string of the molecule is Cc1ccc(C(O)(CNC(=O)c2ccccc2OC(=O)C(F)(F)F)C(F)(F)F)cc1-c1cnc2c(N)nc(C(F)(F)F)cn12. The van der Waals surface area contributed by atoms with E-state index in [0.717, 1.165) is 53.1 Å². The summed E-state index contributed by atoms with van der Waals surface area (Å²) in [5.74, 6) is -5.66. The number of ether oxygens (including phenoxy) is 1. The van der Waals surface area contributed by atoms with Gasteiger partial charge in [0.15, 0.2) is 17.2 Å². The largest absolute Gasteiger partial charge is 0.491 e. The minimum atomic E-state index is -5.48. The molecule has 1 unspecified atom stereocenters. The average molecular weight is 635 g/mol. The number of carbonyl (C=O) groups excluding carboxylic acids is 2. The second-order valence-electron chi connectivity index (χ2n) is 9.30. The molecular formula is C26H18F9N5O4. The fraction of sp³-hybridized carbons (Fsp3) is 0.231. The van der Waals surface area contributed by atoms with Crippen LogP contribution >= 0.6 is 0 Å². The van der Waals surface area contributed by atoms with Gasteiger partial charge in [0, 0.05) is 11.8 Å². The van der Waals surface area contributed by atoms with Gasteiger partial charge in [0.25, 0.3) is 5.91 Å². The number of para-hydroxylation sites is 1. The molecule has 2 aromatic heterocycles. The Morgan fingerprint density at radius 3 is 2.30 bits per heavy atom. The van der Waals surface area contributed by atoms with E-state index in [9.17, 15) is 54.2 Å². The van der Waals surface area contributed by atoms with Gasteiger partial charge in [-0.2, -0.15) is 39.5 Å². The third kappa shape index (κ3) is 6.10. The average Bonchev–Trinajstić information content (AvgIpc) is 3.35. The number of carbonyl (C=O) groups is 2. The van der Waals surface area contributed by atoms with E-state index in [1.807, 2.05) is 0 Å². The Kier molecular flexibility index (Phi) is 8.01. The van der Waals surface area contributed by atoms with Crippen LogP contribution in [0.15, 0.2) is 54.9 Å². The monoisotopic (exact) mass is 635 g/mol. The molecule has 0 aliphatic heterocycles. The van der Waals surface area contributed by atoms with Crippen molar-refractivity contribution in [2.24, 2.45) is 0 Å². The molecule has 1 atom stereocenters. The Labute approximate surface area is 240 Å². The van der Waals surface area contributed by atoms with Crippen LogP contribution in [0, 0.1) is 6.92 Å². The Bertz CT molecular complexity index is 1750. The maximum absolute atomic E-state index is 14.3. The van der Waals surface area contributed by atoms with Gasteiger partial charge in [-0.05, 0) is 36.2 Å². The molecule has 9 nitrogen and oxygen atoms in total. The molecule has 4 rings (SSSR count). The predicted molar refractivity (Wildman–Crippen MR) is 133 cm³/mol. The molecule has 0 radical (unpaired) electrons. The number of fused-ring (bicyclic) bond motifs is 1. The van der Waals surface area contributed by atoms with E-state index in [0.29, 0.717) is 6.20 Å². The molecule has 0 aliphatic rings. The third-order valence-corrected chi connectivity index (χ3v) is 6.34. The van der Waals surface area contributed by atoms with Gasteiger partial charge in [0.2, 0.25) is 5.60 Å². The lowest BCUT2D eigenvalue weighted by Crippen LogP contribution is -2.51. The first-order chi connectivity index (χ1) is 20.2. The molecule has 1 amide bonds. The van der Waals surface area contributed by atoms with E-state index in [1.165, 1.54) is 6.92 Å². The maximum Gasteiger partial charge on any atom is 0.491 e. The fourth-order valence-electron chi connectivity index (χ4n) is 4.07. The zero-order chi connectivity index (χ0) is 32.8. The van der Waals surface area contributed by atoms with E-state index in [4.69, 9.17) is 5.73 Å². The van der Waals surface area contributed by atoms with E-state index in [2.05, 4.69) is 14.7 Å². The third-order valence-electron chi connectivity index (χ3n) is 6.34. The van der Waals surface area contributed by atoms with Crippen LogP contribution in [0.2, 0.25) is 0 Å². The van der Waals surface area contributed by atoms with E-state index in [1.54, 1.807) is 5.32 Å². The lowest BCUT2D eigenvalue weighted by atomic mass is 9.89. The standard InChI is InChI=1S/C26H18F9N5O4/c1-12-6-7-13(8-15(12)16-9-37-20-19(36)39-18(10-40(16)20)24(27,28)29)23(43,26(33,34)35)11-38-21(41)14-4-2-3-5-17(14)44-22(42)25(30,31)32/h2-10,43H,11H2,1H3,(H2,36,39)(H,38,41). The predicted octanol–water partition coefficient (Wildman–Crippen LogP) is 4.95. The van der Waals surface area contributed by atoms with Crippen LogP contribution in [0.3, 0.4) is 0 Å². The summed E-state index contributed by atoms with van der Waals surface area (Å²) in [5.41, 5.74) is -1.50. The topological polar surface area (TPSA) is 132 Å². The van der Waals surface area contributed by atoms with Crippen molar-refractivity contribution in [2.45, 2.75) is 31.1 Å². The van der Waals surface area contributed by atoms with Crippen LogP contribution in [-0.4, -0.2) is 50.2 Å². The number of halogens is 9. The molecule has 4 N–H and O–H groups in total. The first-order valence-electron chi connectivity index (χ1n) is 12.0. The second kappa shape index (κ2) is 11.0. The van der Waals surface area contributed by atoms with Crippen LogP contribution in [-0.2, 0) is 16.6 Å². The maximum atomic E-state index is 14.3. The number of nitrogens with one attached hydrogen (secondary N) is 1. The summed E-state index contributed by atoms with van der Waals surface area (Å²) in [4.78, 5) is 31.1. The number of rotatable bonds is 6. The van der Waals surface area contributed by atoms with Crippen molar-refractivity contribution in [3.63, 3.8) is 0 Å². The van der Waals surface area contributed by atoms with Gasteiger partial charge in [0.05, 0.1) is 24.0 Å². The second-order valence-corrected chi connectivity index (χ2v) is 9.30. The number of alkyl halides is 9. The summed E-state index contributed by atoms with van der Waals surface area (Å²) in [6, 6.07) is 6.69. The first kappa shape index (κ1) is 32.1. The summed E-state index contributed by atoms with van der Waals surface area (Å²) >= 11 is 0. The highest BCUT2D eigenvalue weighted by Gasteiger charge is 2.55. The molecule has 0 bridgehead atoms. The molecule has 234 valence electrons. The molecule has 0 fully saturated rings. The minimum Gasteiger partial charge on any atom is -0.419 e. The first-order valence-corrected chi connectivity index (χ1v) is 12.0. The summed E-state index contributed by atoms with van der Waals surface area (Å²) in [6.45, 7) is -0.164. The molecule has 18 heteroatoms. The van der Waals surface area contributed by atoms with Crippen LogP contribution in [0.25, 0.3) is 16.9 Å². The minimum absolute atomic E-state index is 0.105. The number of hydrogen-bond donors (Lipinski definition) is 3. The molecule has 2 heterocycles. The van der Waals surface area contributed by atoms with Gasteiger partial charge < -0.3 is 20.9 Å². The van der Waals surface area contributed by atoms with Gasteiger partial charge in [-0.15, -0.1) is 0 Å². The zero-order valence-electron chi connectivity index (χ0n) is 21.9. The van der Waals surface area contributed by atoms with Gasteiger partial charge in [0.1, 0.15) is 5.75 Å². The number of nitrogens with zero attached hydrogens (tertiary/aromatic N) is 3. The number of imidazole rings is 1. The summed E-state index contributed by atoms with van der Waals surface area (Å²) in [6.07, 6.45) is -14.3. The Morgan fingerprint density at radius 2 is 1.68 bits per heavy atom. The van der Waals surface area contributed by atoms with Crippen molar-refractivity contribution < 1.29 is 58.9 Å². The van der Waals surface area contributed by atoms with Gasteiger partial charge in [-0.1, -0.05) is 24.3 Å².